The summed E-state index contributed by atoms with van der Waals surface area (Å²) in [6.45, 7) is 2.55. The first-order valence-corrected chi connectivity index (χ1v) is 11.6. The highest BCUT2D eigenvalue weighted by Crippen LogP contribution is 2.31. The molecule has 0 saturated carbocycles. The Labute approximate surface area is 168 Å². The molecule has 0 amide bonds. The average Bonchev–Trinajstić information content (AvgIpc) is 2.56. The van der Waals surface area contributed by atoms with Crippen molar-refractivity contribution in [2.75, 3.05) is 6.61 Å². The molecule has 0 unspecified atom stereocenters. The predicted octanol–water partition coefficient (Wildman–Crippen LogP) is 8.80. The molecule has 0 aliphatic heterocycles. The van der Waals surface area contributed by atoms with Crippen LogP contribution in [0, 0.1) is 0 Å². The Morgan fingerprint density at radius 3 is 1.38 bits per heavy atom. The first-order valence-electron chi connectivity index (χ1n) is 10.4. The van der Waals surface area contributed by atoms with Gasteiger partial charge in [0.2, 0.25) is 4.38 Å². The summed E-state index contributed by atoms with van der Waals surface area (Å²) in [6, 6.07) is 0. The zero-order valence-electron chi connectivity index (χ0n) is 16.4. The Morgan fingerprint density at radius 1 is 0.692 bits per heavy atom. The van der Waals surface area contributed by atoms with E-state index in [2.05, 4.69) is 19.1 Å². The van der Waals surface area contributed by atoms with Crippen LogP contribution in [-0.4, -0.2) is 16.5 Å². The highest BCUT2D eigenvalue weighted by Gasteiger charge is 2.31. The summed E-state index contributed by atoms with van der Waals surface area (Å²) in [4.78, 5) is 0. The van der Waals surface area contributed by atoms with Gasteiger partial charge in [-0.05, 0) is 18.6 Å². The zero-order chi connectivity index (χ0) is 19.5. The first-order chi connectivity index (χ1) is 12.5. The summed E-state index contributed by atoms with van der Waals surface area (Å²) in [7, 11) is 0. The molecule has 0 N–H and O–H groups in total. The van der Waals surface area contributed by atoms with Crippen LogP contribution in [-0.2, 0) is 4.74 Å². The van der Waals surface area contributed by atoms with E-state index in [-0.39, 0.29) is 11.8 Å². The molecule has 26 heavy (non-hydrogen) atoms. The minimum Gasteiger partial charge on any atom is -0.478 e. The third kappa shape index (κ3) is 22.1. The molecule has 0 bridgehead atoms. The summed E-state index contributed by atoms with van der Waals surface area (Å²) in [6.07, 6.45) is 20.5. The Hall–Kier alpha value is 0.0300. The van der Waals surface area contributed by atoms with Gasteiger partial charge in [-0.15, -0.1) is 0 Å². The fourth-order valence-electron chi connectivity index (χ4n) is 2.93. The van der Waals surface area contributed by atoms with Gasteiger partial charge in [0.15, 0.2) is 0 Å². The minimum absolute atomic E-state index is 0.292. The van der Waals surface area contributed by atoms with Gasteiger partial charge in [0.05, 0.1) is 6.61 Å². The lowest BCUT2D eigenvalue weighted by Gasteiger charge is -2.08. The Morgan fingerprint density at radius 2 is 1.04 bits per heavy atom. The number of ether oxygens (including phenoxy) is 1. The first kappa shape index (κ1) is 26.0. The second kappa shape index (κ2) is 18.4. The predicted molar refractivity (Wildman–Crippen MR) is 112 cm³/mol. The van der Waals surface area contributed by atoms with Crippen LogP contribution in [0.4, 0.5) is 13.2 Å². The van der Waals surface area contributed by atoms with Crippen LogP contribution in [0.15, 0.2) is 0 Å². The number of thioether (sulfide) groups is 1. The third-order valence-corrected chi connectivity index (χ3v) is 5.30. The smallest absolute Gasteiger partial charge is 0.450 e. The van der Waals surface area contributed by atoms with Crippen LogP contribution in [0.2, 0.25) is 0 Å². The molecule has 0 radical (unpaired) electrons. The normalized spacial score (nSPS) is 11.7. The largest absolute Gasteiger partial charge is 0.478 e. The molecule has 0 aliphatic carbocycles. The number of unbranched alkanes of at least 4 members (excludes halogenated alkanes) is 15. The van der Waals surface area contributed by atoms with E-state index in [4.69, 9.17) is 4.74 Å². The number of halogens is 3. The summed E-state index contributed by atoms with van der Waals surface area (Å²) >= 11 is 4.19. The van der Waals surface area contributed by atoms with Gasteiger partial charge in [-0.1, -0.05) is 103 Å². The zero-order valence-corrected chi connectivity index (χ0v) is 18.0. The molecule has 0 spiro atoms. The molecule has 0 aromatic rings. The topological polar surface area (TPSA) is 9.23 Å². The van der Waals surface area contributed by atoms with Crippen LogP contribution in [0.25, 0.3) is 0 Å². The third-order valence-electron chi connectivity index (χ3n) is 4.42. The van der Waals surface area contributed by atoms with Crippen LogP contribution < -0.4 is 0 Å². The highest BCUT2D eigenvalue weighted by atomic mass is 32.2. The fourth-order valence-corrected chi connectivity index (χ4v) is 3.63. The number of rotatable bonds is 17. The van der Waals surface area contributed by atoms with E-state index in [0.29, 0.717) is 6.61 Å². The number of thiocarbonyl (C=S) groups is 1. The van der Waals surface area contributed by atoms with Gasteiger partial charge in [-0.25, -0.2) is 0 Å². The quantitative estimate of drug-likeness (QED) is 0.174. The van der Waals surface area contributed by atoms with Gasteiger partial charge in [0.1, 0.15) is 0 Å². The Kier molecular flexibility index (Phi) is 18.4. The molecular formula is C20H37F3OS2. The fraction of sp³-hybridized carbons (Fsp3) is 0.950. The molecular weight excluding hydrogens is 377 g/mol. The van der Waals surface area contributed by atoms with Crippen molar-refractivity contribution in [3.63, 3.8) is 0 Å². The monoisotopic (exact) mass is 414 g/mol. The van der Waals surface area contributed by atoms with Crippen molar-refractivity contribution in [2.45, 2.75) is 115 Å². The van der Waals surface area contributed by atoms with E-state index < -0.39 is 9.89 Å². The Bertz CT molecular complexity index is 323. The van der Waals surface area contributed by atoms with Crippen molar-refractivity contribution in [2.24, 2.45) is 0 Å². The highest BCUT2D eigenvalue weighted by molar-refractivity contribution is 8.23. The van der Waals surface area contributed by atoms with E-state index in [9.17, 15) is 13.2 Å². The maximum atomic E-state index is 12.0. The number of hydrogen-bond acceptors (Lipinski definition) is 3. The molecule has 0 saturated heterocycles. The lowest BCUT2D eigenvalue weighted by atomic mass is 10.0. The van der Waals surface area contributed by atoms with Crippen molar-refractivity contribution in [1.82, 2.24) is 0 Å². The lowest BCUT2D eigenvalue weighted by Crippen LogP contribution is -2.08. The van der Waals surface area contributed by atoms with Gasteiger partial charge in [0.25, 0.3) is 0 Å². The molecule has 156 valence electrons. The van der Waals surface area contributed by atoms with Crippen molar-refractivity contribution in [3.8, 4) is 0 Å². The minimum atomic E-state index is -4.34. The molecule has 0 aromatic heterocycles. The number of hydrogen-bond donors (Lipinski definition) is 0. The maximum Gasteiger partial charge on any atom is 0.450 e. The SMILES string of the molecule is CCCCCCCCCCCCCCCCCCOC(=S)SC(F)(F)F. The molecule has 0 aromatic carbocycles. The molecule has 0 heterocycles. The molecule has 0 rings (SSSR count). The standard InChI is InChI=1S/C20H37F3OS2/c1-2-3-4-5-6-7-8-9-10-11-12-13-14-15-16-17-18-24-19(25)26-20(21,22)23/h2-18H2,1H3. The maximum absolute atomic E-state index is 12.0. The summed E-state index contributed by atoms with van der Waals surface area (Å²) in [5.74, 6) is 0. The van der Waals surface area contributed by atoms with E-state index in [1.165, 1.54) is 83.5 Å². The summed E-state index contributed by atoms with van der Waals surface area (Å²) in [5, 5.41) is 0. The number of alkyl halides is 3. The Balaban J connectivity index is 3.12. The van der Waals surface area contributed by atoms with E-state index >= 15 is 0 Å². The lowest BCUT2D eigenvalue weighted by molar-refractivity contribution is -0.0319. The van der Waals surface area contributed by atoms with Crippen LogP contribution in [0.1, 0.15) is 110 Å². The van der Waals surface area contributed by atoms with Gasteiger partial charge < -0.3 is 4.74 Å². The van der Waals surface area contributed by atoms with Gasteiger partial charge in [-0.2, -0.15) is 13.2 Å². The van der Waals surface area contributed by atoms with E-state index in [1.807, 2.05) is 0 Å². The second-order valence-corrected chi connectivity index (χ2v) is 8.62. The van der Waals surface area contributed by atoms with Crippen LogP contribution >= 0.6 is 24.0 Å². The summed E-state index contributed by atoms with van der Waals surface area (Å²) < 4.78 is 40.6. The van der Waals surface area contributed by atoms with Crippen molar-refractivity contribution < 1.29 is 17.9 Å². The van der Waals surface area contributed by atoms with Crippen molar-refractivity contribution in [1.29, 1.82) is 0 Å². The van der Waals surface area contributed by atoms with Gasteiger partial charge >= 0.3 is 5.51 Å². The molecule has 0 fully saturated rings. The van der Waals surface area contributed by atoms with Crippen LogP contribution in [0.5, 0.6) is 0 Å². The molecule has 0 aliphatic rings. The van der Waals surface area contributed by atoms with E-state index in [1.54, 1.807) is 0 Å². The average molecular weight is 415 g/mol. The second-order valence-electron chi connectivity index (χ2n) is 6.95. The molecule has 0 atom stereocenters. The van der Waals surface area contributed by atoms with Crippen molar-refractivity contribution >= 4 is 28.4 Å². The molecule has 6 heteroatoms. The van der Waals surface area contributed by atoms with Gasteiger partial charge in [-0.3, -0.25) is 0 Å². The van der Waals surface area contributed by atoms with Crippen molar-refractivity contribution in [3.05, 3.63) is 0 Å². The molecule has 1 nitrogen and oxygen atoms in total. The van der Waals surface area contributed by atoms with Crippen LogP contribution in [0.3, 0.4) is 0 Å². The van der Waals surface area contributed by atoms with Gasteiger partial charge in [0, 0.05) is 11.8 Å². The summed E-state index contributed by atoms with van der Waals surface area (Å²) in [5.41, 5.74) is -4.34. The van der Waals surface area contributed by atoms with E-state index in [0.717, 1.165) is 19.3 Å².